The van der Waals surface area contributed by atoms with Crippen LogP contribution >= 0.6 is 0 Å². The van der Waals surface area contributed by atoms with Crippen LogP contribution in [0.1, 0.15) is 5.56 Å². The fourth-order valence-corrected chi connectivity index (χ4v) is 3.97. The Labute approximate surface area is 214 Å². The van der Waals surface area contributed by atoms with E-state index in [0.29, 0.717) is 5.39 Å². The first-order chi connectivity index (χ1) is 18.1. The summed E-state index contributed by atoms with van der Waals surface area (Å²) in [5, 5.41) is 60.5. The first-order valence-electron chi connectivity index (χ1n) is 11.4. The maximum atomic E-state index is 12.1. The zero-order valence-electron chi connectivity index (χ0n) is 20.0. The van der Waals surface area contributed by atoms with E-state index < -0.39 is 55.0 Å². The van der Waals surface area contributed by atoms with Gasteiger partial charge in [-0.05, 0) is 24.3 Å². The van der Waals surface area contributed by atoms with Crippen molar-refractivity contribution in [3.8, 4) is 23.0 Å². The molecule has 0 unspecified atom stereocenters. The van der Waals surface area contributed by atoms with Crippen molar-refractivity contribution < 1.29 is 58.8 Å². The Morgan fingerprint density at radius 1 is 1.03 bits per heavy atom. The average Bonchev–Trinajstić information content (AvgIpc) is 2.89. The second-order valence-corrected chi connectivity index (χ2v) is 8.55. The Hall–Kier alpha value is -3.88. The predicted octanol–water partition coefficient (Wildman–Crippen LogP) is -0.239. The summed E-state index contributed by atoms with van der Waals surface area (Å²) in [6.45, 7) is -0.688. The minimum Gasteiger partial charge on any atom is -0.504 e. The highest BCUT2D eigenvalue weighted by Crippen LogP contribution is 2.37. The van der Waals surface area contributed by atoms with Gasteiger partial charge < -0.3 is 54.0 Å². The van der Waals surface area contributed by atoms with Gasteiger partial charge in [0.1, 0.15) is 41.5 Å². The first-order valence-corrected chi connectivity index (χ1v) is 11.4. The van der Waals surface area contributed by atoms with Gasteiger partial charge in [0.25, 0.3) is 0 Å². The largest absolute Gasteiger partial charge is 0.504 e. The van der Waals surface area contributed by atoms with E-state index in [1.807, 2.05) is 0 Å². The van der Waals surface area contributed by atoms with E-state index in [0.717, 1.165) is 6.07 Å². The molecule has 6 N–H and O–H groups in total. The lowest BCUT2D eigenvalue weighted by Crippen LogP contribution is -2.60. The molecule has 13 heteroatoms. The average molecular weight is 534 g/mol. The minimum atomic E-state index is -1.75. The molecule has 2 heterocycles. The molecule has 1 aliphatic rings. The summed E-state index contributed by atoms with van der Waals surface area (Å²) in [7, 11) is 1.28. The summed E-state index contributed by atoms with van der Waals surface area (Å²) in [6, 6.07) is 9.65. The summed E-state index contributed by atoms with van der Waals surface area (Å²) < 4.78 is 26.9. The van der Waals surface area contributed by atoms with Gasteiger partial charge in [-0.25, -0.2) is 9.59 Å². The topological polar surface area (TPSA) is 206 Å². The Morgan fingerprint density at radius 2 is 1.76 bits per heavy atom. The van der Waals surface area contributed by atoms with Crippen LogP contribution in [0.15, 0.2) is 51.7 Å². The predicted molar refractivity (Wildman–Crippen MR) is 127 cm³/mol. The standard InChI is InChI=1S/C25H26O13/c1-34-17-6-12(16(9-14(17)27)37-25-23(31)22(30)21(29)19(10-26)38-25)7-18(24(32)33)35-13-4-2-11-3-5-20(28)36-15(11)8-13/h2-6,8-9,18-19,21-23,25-27,29-31H,7,10H2,1H3,(H,32,33)/t18-,19+,21+,22-,23+,25-/m0/s1. The third-order valence-electron chi connectivity index (χ3n) is 6.01. The lowest BCUT2D eigenvalue weighted by Gasteiger charge is -2.39. The van der Waals surface area contributed by atoms with Crippen LogP contribution in [0, 0.1) is 0 Å². The molecule has 0 aliphatic carbocycles. The van der Waals surface area contributed by atoms with Crippen LogP contribution < -0.4 is 19.8 Å². The zero-order chi connectivity index (χ0) is 27.6. The molecule has 0 spiro atoms. The second-order valence-electron chi connectivity index (χ2n) is 8.55. The van der Waals surface area contributed by atoms with Gasteiger partial charge in [-0.3, -0.25) is 0 Å². The van der Waals surface area contributed by atoms with E-state index in [1.54, 1.807) is 12.1 Å². The van der Waals surface area contributed by atoms with Crippen LogP contribution in [0.5, 0.6) is 23.0 Å². The van der Waals surface area contributed by atoms with Crippen LogP contribution in [0.25, 0.3) is 11.0 Å². The van der Waals surface area contributed by atoms with E-state index in [9.17, 15) is 40.2 Å². The number of fused-ring (bicyclic) bond motifs is 1. The van der Waals surface area contributed by atoms with Crippen molar-refractivity contribution in [1.82, 2.24) is 0 Å². The van der Waals surface area contributed by atoms with Gasteiger partial charge in [-0.15, -0.1) is 0 Å². The molecule has 1 aromatic heterocycles. The molecule has 1 fully saturated rings. The fourth-order valence-electron chi connectivity index (χ4n) is 3.97. The highest BCUT2D eigenvalue weighted by molar-refractivity contribution is 5.78. The smallest absolute Gasteiger partial charge is 0.345 e. The number of carboxylic acid groups (broad SMARTS) is 1. The first kappa shape index (κ1) is 27.2. The van der Waals surface area contributed by atoms with Crippen molar-refractivity contribution in [2.24, 2.45) is 0 Å². The molecule has 0 radical (unpaired) electrons. The van der Waals surface area contributed by atoms with E-state index in [1.165, 1.54) is 31.4 Å². The lowest BCUT2D eigenvalue weighted by atomic mass is 9.99. The molecule has 0 saturated carbocycles. The molecule has 204 valence electrons. The van der Waals surface area contributed by atoms with Crippen LogP contribution in [0.4, 0.5) is 0 Å². The number of hydrogen-bond donors (Lipinski definition) is 6. The van der Waals surface area contributed by atoms with Gasteiger partial charge in [-0.2, -0.15) is 0 Å². The van der Waals surface area contributed by atoms with E-state index in [2.05, 4.69) is 0 Å². The molecule has 6 atom stereocenters. The van der Waals surface area contributed by atoms with Gasteiger partial charge in [0.2, 0.25) is 6.29 Å². The molecule has 0 amide bonds. The second kappa shape index (κ2) is 11.2. The Morgan fingerprint density at radius 3 is 2.45 bits per heavy atom. The van der Waals surface area contributed by atoms with Crippen molar-refractivity contribution in [3.05, 3.63) is 58.4 Å². The number of methoxy groups -OCH3 is 1. The van der Waals surface area contributed by atoms with Gasteiger partial charge in [0.05, 0.1) is 13.7 Å². The highest BCUT2D eigenvalue weighted by atomic mass is 16.7. The summed E-state index contributed by atoms with van der Waals surface area (Å²) in [5.74, 6) is -1.80. The maximum Gasteiger partial charge on any atom is 0.345 e. The Balaban J connectivity index is 1.63. The summed E-state index contributed by atoms with van der Waals surface area (Å²) in [4.78, 5) is 23.6. The number of rotatable bonds is 9. The molecule has 4 rings (SSSR count). The van der Waals surface area contributed by atoms with Gasteiger partial charge in [0.15, 0.2) is 17.6 Å². The molecule has 38 heavy (non-hydrogen) atoms. The third-order valence-corrected chi connectivity index (χ3v) is 6.01. The van der Waals surface area contributed by atoms with Crippen LogP contribution in [-0.4, -0.2) is 87.1 Å². The molecular weight excluding hydrogens is 508 g/mol. The van der Waals surface area contributed by atoms with Crippen LogP contribution in [-0.2, 0) is 16.0 Å². The summed E-state index contributed by atoms with van der Waals surface area (Å²) in [6.07, 6.45) is -9.77. The molecule has 2 aromatic carbocycles. The fraction of sp³-hybridized carbons (Fsp3) is 0.360. The monoisotopic (exact) mass is 534 g/mol. The number of hydrogen-bond acceptors (Lipinski definition) is 12. The third kappa shape index (κ3) is 5.66. The number of phenols is 1. The Bertz CT molecular complexity index is 1350. The highest BCUT2D eigenvalue weighted by Gasteiger charge is 2.45. The maximum absolute atomic E-state index is 12.1. The molecule has 0 bridgehead atoms. The zero-order valence-corrected chi connectivity index (χ0v) is 20.0. The number of carboxylic acids is 1. The van der Waals surface area contributed by atoms with Crippen LogP contribution in [0.3, 0.4) is 0 Å². The quantitative estimate of drug-likeness (QED) is 0.196. The molecule has 1 saturated heterocycles. The van der Waals surface area contributed by atoms with Crippen molar-refractivity contribution in [2.45, 2.75) is 43.2 Å². The Kier molecular flexibility index (Phi) is 8.04. The molecule has 3 aromatic rings. The van der Waals surface area contributed by atoms with Gasteiger partial charge in [0, 0.05) is 35.6 Å². The minimum absolute atomic E-state index is 0.0160. The molecule has 13 nitrogen and oxygen atoms in total. The number of aromatic hydroxyl groups is 1. The molecular formula is C25H26O13. The summed E-state index contributed by atoms with van der Waals surface area (Å²) in [5.41, 5.74) is -0.246. The van der Waals surface area contributed by atoms with Gasteiger partial charge >= 0.3 is 11.6 Å². The van der Waals surface area contributed by atoms with Crippen molar-refractivity contribution in [2.75, 3.05) is 13.7 Å². The van der Waals surface area contributed by atoms with E-state index >= 15 is 0 Å². The van der Waals surface area contributed by atoms with Crippen molar-refractivity contribution in [1.29, 1.82) is 0 Å². The number of aliphatic hydroxyl groups is 4. The SMILES string of the molecule is COc1cc(C[C@H](Oc2ccc3ccc(=O)oc3c2)C(=O)O)c(O[C@H]2O[C@H](CO)[C@@H](O)[C@H](O)[C@H]2O)cc1O. The van der Waals surface area contributed by atoms with Crippen molar-refractivity contribution >= 4 is 16.9 Å². The molecule has 1 aliphatic heterocycles. The van der Waals surface area contributed by atoms with E-state index in [-0.39, 0.29) is 40.6 Å². The normalized spacial score (nSPS) is 24.1. The van der Waals surface area contributed by atoms with Crippen LogP contribution in [0.2, 0.25) is 0 Å². The lowest BCUT2D eigenvalue weighted by molar-refractivity contribution is -0.277. The number of carbonyl (C=O) groups is 1. The van der Waals surface area contributed by atoms with E-state index in [4.69, 9.17) is 23.4 Å². The number of aliphatic carboxylic acids is 1. The number of ether oxygens (including phenoxy) is 4. The number of benzene rings is 2. The van der Waals surface area contributed by atoms with Gasteiger partial charge in [-0.1, -0.05) is 0 Å². The van der Waals surface area contributed by atoms with Crippen molar-refractivity contribution in [3.63, 3.8) is 0 Å². The summed E-state index contributed by atoms with van der Waals surface area (Å²) >= 11 is 0. The number of phenolic OH excluding ortho intramolecular Hbond substituents is 1. The number of aliphatic hydroxyl groups excluding tert-OH is 4.